The van der Waals surface area contributed by atoms with Crippen molar-refractivity contribution in [2.45, 2.75) is 58.4 Å². The van der Waals surface area contributed by atoms with E-state index >= 15 is 0 Å². The van der Waals surface area contributed by atoms with Gasteiger partial charge in [0, 0.05) is 22.4 Å². The first-order valence-corrected chi connectivity index (χ1v) is 7.10. The smallest absolute Gasteiger partial charge is 0.0167 e. The molecule has 1 rings (SSSR count). The molecule has 0 bridgehead atoms. The summed E-state index contributed by atoms with van der Waals surface area (Å²) in [6.07, 6.45) is 2.40. The van der Waals surface area contributed by atoms with Gasteiger partial charge in [-0.2, -0.15) is 0 Å². The van der Waals surface area contributed by atoms with Crippen molar-refractivity contribution in [2.75, 3.05) is 6.54 Å². The third-order valence-electron chi connectivity index (χ3n) is 3.35. The Morgan fingerprint density at radius 2 is 1.81 bits per heavy atom. The van der Waals surface area contributed by atoms with E-state index in [1.165, 1.54) is 17.7 Å². The van der Waals surface area contributed by atoms with E-state index < -0.39 is 0 Å². The van der Waals surface area contributed by atoms with Gasteiger partial charge in [0.25, 0.3) is 0 Å². The lowest BCUT2D eigenvalue weighted by Gasteiger charge is -2.34. The van der Waals surface area contributed by atoms with Gasteiger partial charge < -0.3 is 5.32 Å². The Balaban J connectivity index is 2.81. The van der Waals surface area contributed by atoms with Gasteiger partial charge in [-0.1, -0.05) is 19.9 Å². The van der Waals surface area contributed by atoms with Crippen LogP contribution in [0.1, 0.15) is 52.3 Å². The number of hydrogen-bond donors (Lipinski definition) is 1. The summed E-state index contributed by atoms with van der Waals surface area (Å²) in [7, 11) is 0. The first kappa shape index (κ1) is 13.7. The molecule has 0 spiro atoms. The molecule has 0 atom stereocenters. The van der Waals surface area contributed by atoms with Gasteiger partial charge in [0.15, 0.2) is 0 Å². The summed E-state index contributed by atoms with van der Waals surface area (Å²) in [6.45, 7) is 12.4. The van der Waals surface area contributed by atoms with Crippen LogP contribution in [-0.2, 0) is 5.41 Å². The third-order valence-corrected chi connectivity index (χ3v) is 4.47. The van der Waals surface area contributed by atoms with E-state index in [0.717, 1.165) is 6.54 Å². The van der Waals surface area contributed by atoms with Crippen LogP contribution in [0.15, 0.2) is 17.5 Å². The average molecular weight is 239 g/mol. The monoisotopic (exact) mass is 239 g/mol. The number of thiophene rings is 1. The Morgan fingerprint density at radius 3 is 2.19 bits per heavy atom. The lowest BCUT2D eigenvalue weighted by molar-refractivity contribution is 0.317. The van der Waals surface area contributed by atoms with Crippen molar-refractivity contribution < 1.29 is 0 Å². The molecule has 0 aliphatic rings. The molecule has 1 nitrogen and oxygen atoms in total. The summed E-state index contributed by atoms with van der Waals surface area (Å²) in [4.78, 5) is 1.52. The highest BCUT2D eigenvalue weighted by Gasteiger charge is 2.30. The van der Waals surface area contributed by atoms with Gasteiger partial charge in [-0.3, -0.25) is 0 Å². The van der Waals surface area contributed by atoms with Crippen LogP contribution in [0.4, 0.5) is 0 Å². The van der Waals surface area contributed by atoms with Gasteiger partial charge in [0.2, 0.25) is 0 Å². The molecule has 0 fully saturated rings. The van der Waals surface area contributed by atoms with E-state index in [9.17, 15) is 0 Å². The minimum absolute atomic E-state index is 0.201. The maximum atomic E-state index is 3.66. The van der Waals surface area contributed by atoms with Gasteiger partial charge in [-0.05, 0) is 45.1 Å². The molecule has 0 unspecified atom stereocenters. The molecular formula is C14H25NS. The molecule has 16 heavy (non-hydrogen) atoms. The second kappa shape index (κ2) is 5.33. The van der Waals surface area contributed by atoms with Crippen LogP contribution in [0.2, 0.25) is 0 Å². The summed E-state index contributed by atoms with van der Waals surface area (Å²) in [5, 5.41) is 5.85. The minimum atomic E-state index is 0.201. The first-order valence-electron chi connectivity index (χ1n) is 6.22. The van der Waals surface area contributed by atoms with Crippen molar-refractivity contribution in [2.24, 2.45) is 0 Å². The Hall–Kier alpha value is -0.340. The maximum absolute atomic E-state index is 3.66. The molecular weight excluding hydrogens is 214 g/mol. The Bertz CT molecular complexity index is 291. The molecule has 0 radical (unpaired) electrons. The first-order chi connectivity index (χ1) is 7.43. The van der Waals surface area contributed by atoms with Gasteiger partial charge in [-0.15, -0.1) is 11.3 Å². The molecule has 0 amide bonds. The van der Waals surface area contributed by atoms with Gasteiger partial charge >= 0.3 is 0 Å². The van der Waals surface area contributed by atoms with Crippen LogP contribution >= 0.6 is 11.3 Å². The highest BCUT2D eigenvalue weighted by Crippen LogP contribution is 2.34. The van der Waals surface area contributed by atoms with Crippen molar-refractivity contribution in [1.82, 2.24) is 5.32 Å². The van der Waals surface area contributed by atoms with E-state index in [1.807, 2.05) is 11.3 Å². The molecule has 1 aromatic rings. The second-order valence-corrected chi connectivity index (χ2v) is 6.52. The standard InChI is InChI=1S/C14H25NS/c1-6-14(7-2,11-15-13(3,4)5)12-9-8-10-16-12/h8-10,15H,6-7,11H2,1-5H3. The fourth-order valence-corrected chi connectivity index (χ4v) is 3.02. The lowest BCUT2D eigenvalue weighted by Crippen LogP contribution is -2.45. The fraction of sp³-hybridized carbons (Fsp3) is 0.714. The van der Waals surface area contributed by atoms with Gasteiger partial charge in [0.05, 0.1) is 0 Å². The molecule has 1 N–H and O–H groups in total. The molecule has 0 aromatic carbocycles. The van der Waals surface area contributed by atoms with E-state index in [-0.39, 0.29) is 5.54 Å². The third kappa shape index (κ3) is 3.33. The van der Waals surface area contributed by atoms with Crippen molar-refractivity contribution in [3.05, 3.63) is 22.4 Å². The molecule has 0 saturated heterocycles. The highest BCUT2D eigenvalue weighted by atomic mass is 32.1. The molecule has 0 aliphatic carbocycles. The molecule has 1 heterocycles. The topological polar surface area (TPSA) is 12.0 Å². The molecule has 0 saturated carbocycles. The molecule has 1 aromatic heterocycles. The number of rotatable bonds is 5. The maximum Gasteiger partial charge on any atom is 0.0167 e. The summed E-state index contributed by atoms with van der Waals surface area (Å²) in [6, 6.07) is 4.44. The zero-order valence-electron chi connectivity index (χ0n) is 11.3. The van der Waals surface area contributed by atoms with Gasteiger partial charge in [0.1, 0.15) is 0 Å². The molecule has 92 valence electrons. The summed E-state index contributed by atoms with van der Waals surface area (Å²) < 4.78 is 0. The van der Waals surface area contributed by atoms with Crippen LogP contribution in [-0.4, -0.2) is 12.1 Å². The number of nitrogens with one attached hydrogen (secondary N) is 1. The largest absolute Gasteiger partial charge is 0.311 e. The Morgan fingerprint density at radius 1 is 1.19 bits per heavy atom. The van der Waals surface area contributed by atoms with Crippen molar-refractivity contribution in [1.29, 1.82) is 0 Å². The summed E-state index contributed by atoms with van der Waals surface area (Å²) >= 11 is 1.89. The normalized spacial score (nSPS) is 13.1. The molecule has 2 heteroatoms. The molecule has 0 aliphatic heterocycles. The van der Waals surface area contributed by atoms with E-state index in [0.29, 0.717) is 5.41 Å². The predicted octanol–water partition coefficient (Wildman–Crippen LogP) is 4.19. The van der Waals surface area contributed by atoms with E-state index in [1.54, 1.807) is 0 Å². The van der Waals surface area contributed by atoms with E-state index in [2.05, 4.69) is 57.4 Å². The minimum Gasteiger partial charge on any atom is -0.311 e. The summed E-state index contributed by atoms with van der Waals surface area (Å²) in [5.41, 5.74) is 0.522. The van der Waals surface area contributed by atoms with Gasteiger partial charge in [-0.25, -0.2) is 0 Å². The Labute approximate surface area is 104 Å². The number of hydrogen-bond acceptors (Lipinski definition) is 2. The van der Waals surface area contributed by atoms with E-state index in [4.69, 9.17) is 0 Å². The Kier molecular flexibility index (Phi) is 4.57. The SMILES string of the molecule is CCC(CC)(CNC(C)(C)C)c1cccs1. The zero-order valence-corrected chi connectivity index (χ0v) is 12.1. The van der Waals surface area contributed by atoms with Crippen molar-refractivity contribution in [3.63, 3.8) is 0 Å². The van der Waals surface area contributed by atoms with Crippen LogP contribution in [0.3, 0.4) is 0 Å². The highest BCUT2D eigenvalue weighted by molar-refractivity contribution is 7.10. The predicted molar refractivity (Wildman–Crippen MR) is 74.3 cm³/mol. The van der Waals surface area contributed by atoms with Crippen LogP contribution in [0.25, 0.3) is 0 Å². The van der Waals surface area contributed by atoms with Crippen molar-refractivity contribution >= 4 is 11.3 Å². The van der Waals surface area contributed by atoms with Crippen LogP contribution < -0.4 is 5.32 Å². The average Bonchev–Trinajstić information content (AvgIpc) is 2.72. The quantitative estimate of drug-likeness (QED) is 0.812. The lowest BCUT2D eigenvalue weighted by atomic mass is 9.80. The summed E-state index contributed by atoms with van der Waals surface area (Å²) in [5.74, 6) is 0. The zero-order chi connectivity index (χ0) is 12.2. The van der Waals surface area contributed by atoms with Crippen molar-refractivity contribution in [3.8, 4) is 0 Å². The fourth-order valence-electron chi connectivity index (χ4n) is 1.95. The van der Waals surface area contributed by atoms with Crippen LogP contribution in [0.5, 0.6) is 0 Å². The second-order valence-electron chi connectivity index (χ2n) is 5.57. The van der Waals surface area contributed by atoms with Crippen LogP contribution in [0, 0.1) is 0 Å².